The molecule has 0 N–H and O–H groups in total. The van der Waals surface area contributed by atoms with Crippen LogP contribution in [0, 0.1) is 0 Å². The topological polar surface area (TPSA) is 7.12 Å². The van der Waals surface area contributed by atoms with Crippen molar-refractivity contribution in [1.82, 2.24) is 0 Å². The molecule has 5 aromatic rings. The highest BCUT2D eigenvalue weighted by molar-refractivity contribution is 5.80. The number of aromatic nitrogens is 1. The molecule has 1 unspecified atom stereocenters. The monoisotopic (exact) mass is 551 g/mol. The van der Waals surface area contributed by atoms with E-state index in [1.165, 1.54) is 39.1 Å². The second kappa shape index (κ2) is 10.6. The van der Waals surface area contributed by atoms with Gasteiger partial charge in [-0.05, 0) is 81.6 Å². The van der Waals surface area contributed by atoms with Gasteiger partial charge in [0.15, 0.2) is 12.2 Å². The minimum absolute atomic E-state index is 0.116. The van der Waals surface area contributed by atoms with E-state index in [4.69, 9.17) is 0 Å². The van der Waals surface area contributed by atoms with Gasteiger partial charge in [0.2, 0.25) is 5.69 Å². The fraction of sp³-hybridized carbons (Fsp3) is 0.275. The molecule has 42 heavy (non-hydrogen) atoms. The van der Waals surface area contributed by atoms with Gasteiger partial charge in [-0.2, -0.15) is 4.57 Å². The Labute approximate surface area is 252 Å². The maximum absolute atomic E-state index is 2.42. The Morgan fingerprint density at radius 2 is 1.10 bits per heavy atom. The Balaban J connectivity index is 1.38. The molecule has 212 valence electrons. The standard InChI is InChI=1S/C40H43N2/c1-8-37-35-25-14-29(27-36(35)38-11-9-10-26-41(37)38)28-12-19-32(20-13-28)42(33-21-15-30(16-22-33)39(2,3)4)34-23-17-31(18-24-34)40(5,6)7/h9-27,37H,8H2,1-7H3/q+1. The van der Waals surface area contributed by atoms with Crippen LogP contribution in [0.1, 0.15) is 77.6 Å². The molecule has 6 rings (SSSR count). The summed E-state index contributed by atoms with van der Waals surface area (Å²) in [6, 6.07) is 41.1. The van der Waals surface area contributed by atoms with Crippen molar-refractivity contribution in [3.05, 3.63) is 132 Å². The van der Waals surface area contributed by atoms with E-state index in [2.05, 4.69) is 173 Å². The van der Waals surface area contributed by atoms with Crippen molar-refractivity contribution in [2.75, 3.05) is 4.90 Å². The third kappa shape index (κ3) is 5.15. The first-order valence-electron chi connectivity index (χ1n) is 15.3. The fourth-order valence-electron chi connectivity index (χ4n) is 6.24. The van der Waals surface area contributed by atoms with Gasteiger partial charge in [0.1, 0.15) is 0 Å². The Morgan fingerprint density at radius 3 is 1.60 bits per heavy atom. The highest BCUT2D eigenvalue weighted by Crippen LogP contribution is 2.40. The highest BCUT2D eigenvalue weighted by Gasteiger charge is 2.34. The first-order chi connectivity index (χ1) is 20.0. The van der Waals surface area contributed by atoms with Crippen LogP contribution in [-0.2, 0) is 10.8 Å². The minimum Gasteiger partial charge on any atom is -0.311 e. The molecule has 0 saturated carbocycles. The van der Waals surface area contributed by atoms with Crippen LogP contribution in [-0.4, -0.2) is 0 Å². The van der Waals surface area contributed by atoms with Gasteiger partial charge in [0, 0.05) is 41.2 Å². The number of fused-ring (bicyclic) bond motifs is 3. The van der Waals surface area contributed by atoms with Crippen LogP contribution >= 0.6 is 0 Å². The summed E-state index contributed by atoms with van der Waals surface area (Å²) in [5.41, 5.74) is 13.0. The number of nitrogens with zero attached hydrogens (tertiary/aromatic N) is 2. The number of benzene rings is 4. The Bertz CT molecular complexity index is 1640. The lowest BCUT2D eigenvalue weighted by Gasteiger charge is -2.28. The molecule has 1 atom stereocenters. The van der Waals surface area contributed by atoms with Crippen molar-refractivity contribution >= 4 is 17.1 Å². The van der Waals surface area contributed by atoms with Crippen LogP contribution in [0.4, 0.5) is 17.1 Å². The van der Waals surface area contributed by atoms with E-state index in [0.717, 1.165) is 23.5 Å². The van der Waals surface area contributed by atoms with E-state index in [-0.39, 0.29) is 10.8 Å². The quantitative estimate of drug-likeness (QED) is 0.197. The van der Waals surface area contributed by atoms with Crippen molar-refractivity contribution < 1.29 is 4.57 Å². The van der Waals surface area contributed by atoms with Crippen LogP contribution in [0.3, 0.4) is 0 Å². The molecule has 0 spiro atoms. The molecule has 0 bridgehead atoms. The molecule has 1 aliphatic heterocycles. The lowest BCUT2D eigenvalue weighted by molar-refractivity contribution is -0.698. The first kappa shape index (κ1) is 28.0. The van der Waals surface area contributed by atoms with Gasteiger partial charge < -0.3 is 4.90 Å². The van der Waals surface area contributed by atoms with E-state index in [1.54, 1.807) is 0 Å². The summed E-state index contributed by atoms with van der Waals surface area (Å²) in [4.78, 5) is 2.37. The zero-order chi connectivity index (χ0) is 29.6. The molecule has 1 aliphatic rings. The van der Waals surface area contributed by atoms with Crippen LogP contribution in [0.2, 0.25) is 0 Å². The number of anilines is 3. The molecule has 0 radical (unpaired) electrons. The van der Waals surface area contributed by atoms with Gasteiger partial charge >= 0.3 is 0 Å². The average Bonchev–Trinajstić information content (AvgIpc) is 3.30. The minimum atomic E-state index is 0.116. The van der Waals surface area contributed by atoms with Crippen molar-refractivity contribution in [3.8, 4) is 22.4 Å². The van der Waals surface area contributed by atoms with Gasteiger partial charge in [-0.15, -0.1) is 0 Å². The van der Waals surface area contributed by atoms with E-state index in [1.807, 2.05) is 0 Å². The molecular formula is C40H43N2+. The van der Waals surface area contributed by atoms with Crippen molar-refractivity contribution in [3.63, 3.8) is 0 Å². The smallest absolute Gasteiger partial charge is 0.213 e. The van der Waals surface area contributed by atoms with Gasteiger partial charge in [0.05, 0.1) is 5.56 Å². The Morgan fingerprint density at radius 1 is 0.595 bits per heavy atom. The zero-order valence-electron chi connectivity index (χ0n) is 26.1. The van der Waals surface area contributed by atoms with E-state index < -0.39 is 0 Å². The summed E-state index contributed by atoms with van der Waals surface area (Å²) < 4.78 is 2.42. The molecular weight excluding hydrogens is 508 g/mol. The van der Waals surface area contributed by atoms with Gasteiger partial charge in [0.25, 0.3) is 0 Å². The lowest BCUT2D eigenvalue weighted by Crippen LogP contribution is -2.36. The molecule has 2 nitrogen and oxygen atoms in total. The summed E-state index contributed by atoms with van der Waals surface area (Å²) in [5, 5.41) is 0. The Hall–Kier alpha value is -4.17. The predicted octanol–water partition coefficient (Wildman–Crippen LogP) is 10.7. The van der Waals surface area contributed by atoms with Crippen LogP contribution in [0.25, 0.3) is 22.4 Å². The number of pyridine rings is 1. The molecule has 0 amide bonds. The third-order valence-electron chi connectivity index (χ3n) is 8.74. The average molecular weight is 552 g/mol. The number of hydrogen-bond donors (Lipinski definition) is 0. The summed E-state index contributed by atoms with van der Waals surface area (Å²) in [5.74, 6) is 0. The summed E-state index contributed by atoms with van der Waals surface area (Å²) >= 11 is 0. The van der Waals surface area contributed by atoms with Crippen molar-refractivity contribution in [1.29, 1.82) is 0 Å². The molecule has 4 aromatic carbocycles. The maximum Gasteiger partial charge on any atom is 0.213 e. The van der Waals surface area contributed by atoms with Gasteiger partial charge in [-0.25, -0.2) is 0 Å². The number of rotatable bonds is 5. The molecule has 0 saturated heterocycles. The molecule has 0 fully saturated rings. The maximum atomic E-state index is 2.42. The summed E-state index contributed by atoms with van der Waals surface area (Å²) in [6.07, 6.45) is 3.31. The zero-order valence-corrected chi connectivity index (χ0v) is 26.1. The second-order valence-corrected chi connectivity index (χ2v) is 13.7. The van der Waals surface area contributed by atoms with Gasteiger partial charge in [-0.3, -0.25) is 0 Å². The second-order valence-electron chi connectivity index (χ2n) is 13.7. The summed E-state index contributed by atoms with van der Waals surface area (Å²) in [6.45, 7) is 15.9. The number of hydrogen-bond acceptors (Lipinski definition) is 1. The Kier molecular flexibility index (Phi) is 7.05. The van der Waals surface area contributed by atoms with Gasteiger partial charge in [-0.1, -0.05) is 97.0 Å². The predicted molar refractivity (Wildman–Crippen MR) is 178 cm³/mol. The van der Waals surface area contributed by atoms with Crippen LogP contribution in [0.5, 0.6) is 0 Å². The molecule has 0 aliphatic carbocycles. The van der Waals surface area contributed by atoms with E-state index in [9.17, 15) is 0 Å². The third-order valence-corrected chi connectivity index (χ3v) is 8.74. The van der Waals surface area contributed by atoms with Crippen molar-refractivity contribution in [2.45, 2.75) is 71.8 Å². The van der Waals surface area contributed by atoms with Crippen molar-refractivity contribution in [2.24, 2.45) is 0 Å². The van der Waals surface area contributed by atoms with E-state index >= 15 is 0 Å². The molecule has 1 aromatic heterocycles. The highest BCUT2D eigenvalue weighted by atomic mass is 15.1. The van der Waals surface area contributed by atoms with Crippen LogP contribution < -0.4 is 9.47 Å². The van der Waals surface area contributed by atoms with E-state index in [0.29, 0.717) is 6.04 Å². The largest absolute Gasteiger partial charge is 0.311 e. The summed E-state index contributed by atoms with van der Waals surface area (Å²) in [7, 11) is 0. The first-order valence-corrected chi connectivity index (χ1v) is 15.3. The SMILES string of the molecule is CCC1c2ccc(-c3ccc(N(c4ccc(C(C)(C)C)cc4)c4ccc(C(C)(C)C)cc4)cc3)cc2-c2cccc[n+]21. The molecule has 2 heterocycles. The normalized spacial score (nSPS) is 14.4. The van der Waals surface area contributed by atoms with Crippen LogP contribution in [0.15, 0.2) is 115 Å². The molecule has 2 heteroatoms. The lowest BCUT2D eigenvalue weighted by atomic mass is 9.86. The fourth-order valence-corrected chi connectivity index (χ4v) is 6.24.